The molecule has 0 spiro atoms. The standard InChI is InChI=1S/C17H22N4O3/c1-10-6-7-14(24-5)13(8-10)17(23)18-9-15(22)19-16-11(2)20-21(4)12(16)3/h6-8H,9H2,1-5H3,(H,18,23)(H,19,22). The molecule has 2 N–H and O–H groups in total. The lowest BCUT2D eigenvalue weighted by Crippen LogP contribution is -2.33. The van der Waals surface area contributed by atoms with Crippen LogP contribution in [-0.4, -0.2) is 35.2 Å². The quantitative estimate of drug-likeness (QED) is 0.874. The number of hydrogen-bond acceptors (Lipinski definition) is 4. The van der Waals surface area contributed by atoms with Crippen molar-refractivity contribution < 1.29 is 14.3 Å². The molecule has 0 bridgehead atoms. The van der Waals surface area contributed by atoms with E-state index in [0.717, 1.165) is 17.0 Å². The molecule has 7 nitrogen and oxygen atoms in total. The normalized spacial score (nSPS) is 10.4. The number of aryl methyl sites for hydroxylation is 3. The van der Waals surface area contributed by atoms with Crippen LogP contribution in [-0.2, 0) is 11.8 Å². The Labute approximate surface area is 141 Å². The molecule has 1 aromatic carbocycles. The van der Waals surface area contributed by atoms with Gasteiger partial charge in [0, 0.05) is 7.05 Å². The van der Waals surface area contributed by atoms with Gasteiger partial charge in [-0.25, -0.2) is 0 Å². The van der Waals surface area contributed by atoms with E-state index in [9.17, 15) is 9.59 Å². The monoisotopic (exact) mass is 330 g/mol. The fourth-order valence-corrected chi connectivity index (χ4v) is 2.39. The van der Waals surface area contributed by atoms with Gasteiger partial charge in [0.15, 0.2) is 0 Å². The third-order valence-electron chi connectivity index (χ3n) is 3.78. The lowest BCUT2D eigenvalue weighted by molar-refractivity contribution is -0.115. The highest BCUT2D eigenvalue weighted by atomic mass is 16.5. The lowest BCUT2D eigenvalue weighted by atomic mass is 10.1. The van der Waals surface area contributed by atoms with Gasteiger partial charge in [-0.3, -0.25) is 14.3 Å². The largest absolute Gasteiger partial charge is 0.496 e. The van der Waals surface area contributed by atoms with E-state index in [-0.39, 0.29) is 18.4 Å². The first-order chi connectivity index (χ1) is 11.3. The summed E-state index contributed by atoms with van der Waals surface area (Å²) in [5, 5.41) is 9.62. The molecule has 0 radical (unpaired) electrons. The predicted molar refractivity (Wildman–Crippen MR) is 91.4 cm³/mol. The van der Waals surface area contributed by atoms with Crippen molar-refractivity contribution in [2.75, 3.05) is 19.0 Å². The van der Waals surface area contributed by atoms with Crippen molar-refractivity contribution in [1.82, 2.24) is 15.1 Å². The Hall–Kier alpha value is -2.83. The van der Waals surface area contributed by atoms with Crippen molar-refractivity contribution in [3.63, 3.8) is 0 Å². The third kappa shape index (κ3) is 3.73. The van der Waals surface area contributed by atoms with Crippen molar-refractivity contribution in [2.24, 2.45) is 7.05 Å². The van der Waals surface area contributed by atoms with Gasteiger partial charge < -0.3 is 15.4 Å². The number of carbonyl (C=O) groups is 2. The third-order valence-corrected chi connectivity index (χ3v) is 3.78. The predicted octanol–water partition coefficient (Wildman–Crippen LogP) is 1.72. The van der Waals surface area contributed by atoms with Crippen LogP contribution in [0.1, 0.15) is 27.3 Å². The van der Waals surface area contributed by atoms with Crippen molar-refractivity contribution in [3.05, 3.63) is 40.7 Å². The fourth-order valence-electron chi connectivity index (χ4n) is 2.39. The number of anilines is 1. The second-order valence-corrected chi connectivity index (χ2v) is 5.60. The van der Waals surface area contributed by atoms with Gasteiger partial charge in [0.1, 0.15) is 5.75 Å². The summed E-state index contributed by atoms with van der Waals surface area (Å²) in [5.41, 5.74) is 3.60. The van der Waals surface area contributed by atoms with Crippen LogP contribution in [0.15, 0.2) is 18.2 Å². The molecule has 0 aliphatic rings. The Morgan fingerprint density at radius 3 is 2.54 bits per heavy atom. The molecule has 0 aliphatic carbocycles. The van der Waals surface area contributed by atoms with Crippen LogP contribution in [0.5, 0.6) is 5.75 Å². The molecule has 1 heterocycles. The summed E-state index contributed by atoms with van der Waals surface area (Å²) in [4.78, 5) is 24.4. The molecule has 2 aromatic rings. The molecule has 0 unspecified atom stereocenters. The molecule has 0 aliphatic heterocycles. The van der Waals surface area contributed by atoms with Crippen molar-refractivity contribution in [2.45, 2.75) is 20.8 Å². The van der Waals surface area contributed by atoms with Crippen molar-refractivity contribution in [1.29, 1.82) is 0 Å². The topological polar surface area (TPSA) is 85.2 Å². The SMILES string of the molecule is COc1ccc(C)cc1C(=O)NCC(=O)Nc1c(C)nn(C)c1C. The first-order valence-corrected chi connectivity index (χ1v) is 7.56. The van der Waals surface area contributed by atoms with Gasteiger partial charge in [0.05, 0.1) is 36.3 Å². The van der Waals surface area contributed by atoms with Gasteiger partial charge in [0.2, 0.25) is 5.91 Å². The summed E-state index contributed by atoms with van der Waals surface area (Å²) in [7, 11) is 3.31. The molecule has 0 saturated carbocycles. The van der Waals surface area contributed by atoms with Crippen LogP contribution < -0.4 is 15.4 Å². The summed E-state index contributed by atoms with van der Waals surface area (Å²) in [5.74, 6) is -0.197. The second-order valence-electron chi connectivity index (χ2n) is 5.60. The molecule has 2 rings (SSSR count). The Morgan fingerprint density at radius 1 is 1.25 bits per heavy atom. The number of ether oxygens (including phenoxy) is 1. The minimum absolute atomic E-state index is 0.135. The highest BCUT2D eigenvalue weighted by molar-refractivity contribution is 6.01. The van der Waals surface area contributed by atoms with Crippen LogP contribution in [0.2, 0.25) is 0 Å². The molecular weight excluding hydrogens is 308 g/mol. The molecule has 7 heteroatoms. The Morgan fingerprint density at radius 2 is 1.96 bits per heavy atom. The van der Waals surface area contributed by atoms with Gasteiger partial charge in [-0.2, -0.15) is 5.10 Å². The summed E-state index contributed by atoms with van der Waals surface area (Å²) in [6.07, 6.45) is 0. The van der Waals surface area contributed by atoms with E-state index in [4.69, 9.17) is 4.74 Å². The molecule has 0 atom stereocenters. The average Bonchev–Trinajstić information content (AvgIpc) is 2.78. The van der Waals surface area contributed by atoms with Crippen LogP contribution in [0, 0.1) is 20.8 Å². The van der Waals surface area contributed by atoms with Crippen LogP contribution in [0.25, 0.3) is 0 Å². The minimum Gasteiger partial charge on any atom is -0.496 e. The van der Waals surface area contributed by atoms with E-state index < -0.39 is 0 Å². The molecule has 0 saturated heterocycles. The van der Waals surface area contributed by atoms with E-state index in [1.165, 1.54) is 7.11 Å². The first kappa shape index (κ1) is 17.5. The minimum atomic E-state index is -0.356. The summed E-state index contributed by atoms with van der Waals surface area (Å²) >= 11 is 0. The maximum Gasteiger partial charge on any atom is 0.255 e. The van der Waals surface area contributed by atoms with Crippen molar-refractivity contribution >= 4 is 17.5 Å². The van der Waals surface area contributed by atoms with E-state index in [0.29, 0.717) is 17.0 Å². The molecule has 0 fully saturated rings. The van der Waals surface area contributed by atoms with Crippen LogP contribution in [0.4, 0.5) is 5.69 Å². The molecule has 128 valence electrons. The van der Waals surface area contributed by atoms with Crippen molar-refractivity contribution in [3.8, 4) is 5.75 Å². The van der Waals surface area contributed by atoms with Gasteiger partial charge in [0.25, 0.3) is 5.91 Å². The second kappa shape index (κ2) is 7.16. The zero-order chi connectivity index (χ0) is 17.9. The van der Waals surface area contributed by atoms with E-state index >= 15 is 0 Å². The molecule has 1 aromatic heterocycles. The number of methoxy groups -OCH3 is 1. The number of rotatable bonds is 5. The Balaban J connectivity index is 2.01. The van der Waals surface area contributed by atoms with Crippen LogP contribution >= 0.6 is 0 Å². The Bertz CT molecular complexity index is 780. The number of nitrogens with one attached hydrogen (secondary N) is 2. The van der Waals surface area contributed by atoms with Gasteiger partial charge >= 0.3 is 0 Å². The number of amides is 2. The van der Waals surface area contributed by atoms with E-state index in [2.05, 4.69) is 15.7 Å². The van der Waals surface area contributed by atoms with Gasteiger partial charge in [-0.1, -0.05) is 11.6 Å². The molecule has 24 heavy (non-hydrogen) atoms. The highest BCUT2D eigenvalue weighted by Crippen LogP contribution is 2.20. The number of benzene rings is 1. The summed E-state index contributed by atoms with van der Waals surface area (Å²) < 4.78 is 6.88. The van der Waals surface area contributed by atoms with Gasteiger partial charge in [-0.15, -0.1) is 0 Å². The molecular formula is C17H22N4O3. The zero-order valence-electron chi connectivity index (χ0n) is 14.6. The lowest BCUT2D eigenvalue weighted by Gasteiger charge is -2.10. The number of hydrogen-bond donors (Lipinski definition) is 2. The maximum atomic E-state index is 12.3. The number of aromatic nitrogens is 2. The zero-order valence-corrected chi connectivity index (χ0v) is 14.6. The summed E-state index contributed by atoms with van der Waals surface area (Å²) in [6, 6.07) is 5.31. The van der Waals surface area contributed by atoms with Gasteiger partial charge in [-0.05, 0) is 32.9 Å². The smallest absolute Gasteiger partial charge is 0.255 e. The molecule has 2 amide bonds. The number of nitrogens with zero attached hydrogens (tertiary/aromatic N) is 2. The first-order valence-electron chi connectivity index (χ1n) is 7.56. The Kier molecular flexibility index (Phi) is 5.23. The van der Waals surface area contributed by atoms with Crippen LogP contribution in [0.3, 0.4) is 0 Å². The number of carbonyl (C=O) groups excluding carboxylic acids is 2. The van der Waals surface area contributed by atoms with E-state index in [1.54, 1.807) is 16.8 Å². The average molecular weight is 330 g/mol. The maximum absolute atomic E-state index is 12.3. The highest BCUT2D eigenvalue weighted by Gasteiger charge is 2.16. The van der Waals surface area contributed by atoms with E-state index in [1.807, 2.05) is 33.9 Å². The summed E-state index contributed by atoms with van der Waals surface area (Å²) in [6.45, 7) is 5.44. The fraction of sp³-hybridized carbons (Fsp3) is 0.353.